The summed E-state index contributed by atoms with van der Waals surface area (Å²) < 4.78 is 107. The molecule has 1 fully saturated rings. The lowest BCUT2D eigenvalue weighted by Gasteiger charge is -2.43. The molecular weight excluding hydrogens is 583 g/mol. The summed E-state index contributed by atoms with van der Waals surface area (Å²) in [4.78, 5) is 14.5. The van der Waals surface area contributed by atoms with Gasteiger partial charge in [0.15, 0.2) is 0 Å². The van der Waals surface area contributed by atoms with E-state index in [1.165, 1.54) is 4.90 Å². The SMILES string of the molecule is CS(=O)(=O)OCC[C@@]1(c2ccc(Cl)c(Cl)c2)CCCN(C(=O)Cc2cc(C(F)(F)F)cc(C(F)(F)F)c2)C1. The van der Waals surface area contributed by atoms with Crippen molar-refractivity contribution < 1.29 is 43.7 Å². The van der Waals surface area contributed by atoms with Gasteiger partial charge in [0.2, 0.25) is 5.91 Å². The molecule has 0 spiro atoms. The Balaban J connectivity index is 1.91. The summed E-state index contributed by atoms with van der Waals surface area (Å²) in [5.41, 5.74) is -3.64. The molecule has 2 aromatic carbocycles. The number of carbonyl (C=O) groups excluding carboxylic acids is 1. The highest BCUT2D eigenvalue weighted by Gasteiger charge is 2.40. The van der Waals surface area contributed by atoms with Crippen LogP contribution in [0.3, 0.4) is 0 Å². The average Bonchev–Trinajstić information content (AvgIpc) is 2.78. The maximum Gasteiger partial charge on any atom is 0.416 e. The van der Waals surface area contributed by atoms with E-state index >= 15 is 0 Å². The molecule has 0 saturated carbocycles. The van der Waals surface area contributed by atoms with E-state index in [9.17, 15) is 39.6 Å². The van der Waals surface area contributed by atoms with Crippen LogP contribution in [-0.2, 0) is 43.3 Å². The molecule has 0 aromatic heterocycles. The summed E-state index contributed by atoms with van der Waals surface area (Å²) in [6, 6.07) is 5.87. The first-order chi connectivity index (χ1) is 17.4. The molecule has 1 saturated heterocycles. The second-order valence-corrected chi connectivity index (χ2v) is 11.7. The minimum absolute atomic E-state index is 0.00591. The monoisotopic (exact) mass is 605 g/mol. The first-order valence-corrected chi connectivity index (χ1v) is 13.8. The fraction of sp³-hybridized carbons (Fsp3) is 0.458. The number of benzene rings is 2. The second-order valence-electron chi connectivity index (χ2n) is 9.20. The van der Waals surface area contributed by atoms with Crippen LogP contribution >= 0.6 is 23.2 Å². The molecule has 1 atom stereocenters. The summed E-state index contributed by atoms with van der Waals surface area (Å²) in [6.07, 6.45) is -8.81. The molecule has 1 amide bonds. The molecule has 0 aliphatic carbocycles. The van der Waals surface area contributed by atoms with Crippen LogP contribution < -0.4 is 0 Å². The van der Waals surface area contributed by atoms with Crippen molar-refractivity contribution in [1.29, 1.82) is 0 Å². The molecule has 0 unspecified atom stereocenters. The van der Waals surface area contributed by atoms with Gasteiger partial charge in [0, 0.05) is 18.5 Å². The maximum atomic E-state index is 13.2. The van der Waals surface area contributed by atoms with Crippen LogP contribution in [0.2, 0.25) is 10.0 Å². The Kier molecular flexibility index (Phi) is 9.02. The summed E-state index contributed by atoms with van der Waals surface area (Å²) in [7, 11) is -3.76. The topological polar surface area (TPSA) is 63.7 Å². The minimum atomic E-state index is -5.03. The van der Waals surface area contributed by atoms with E-state index in [0.717, 1.165) is 6.26 Å². The summed E-state index contributed by atoms with van der Waals surface area (Å²) in [5.74, 6) is -0.675. The number of amides is 1. The Labute approximate surface area is 225 Å². The molecule has 1 heterocycles. The number of alkyl halides is 6. The lowest BCUT2D eigenvalue weighted by Crippen LogP contribution is -2.49. The fourth-order valence-corrected chi connectivity index (χ4v) is 5.24. The molecule has 0 N–H and O–H groups in total. The van der Waals surface area contributed by atoms with Gasteiger partial charge in [-0.15, -0.1) is 0 Å². The smallest absolute Gasteiger partial charge is 0.342 e. The molecular formula is C24H23Cl2F6NO4S. The molecule has 5 nitrogen and oxygen atoms in total. The number of hydrogen-bond donors (Lipinski definition) is 0. The van der Waals surface area contributed by atoms with Crippen molar-refractivity contribution in [2.45, 2.75) is 43.5 Å². The Morgan fingerprint density at radius 3 is 2.13 bits per heavy atom. The highest BCUT2D eigenvalue weighted by atomic mass is 35.5. The van der Waals surface area contributed by atoms with Gasteiger partial charge in [0.1, 0.15) is 0 Å². The van der Waals surface area contributed by atoms with Gasteiger partial charge >= 0.3 is 12.4 Å². The number of piperidine rings is 1. The average molecular weight is 606 g/mol. The quantitative estimate of drug-likeness (QED) is 0.267. The van der Waals surface area contributed by atoms with Crippen LogP contribution in [0.25, 0.3) is 0 Å². The Bertz CT molecular complexity index is 1270. The third-order valence-corrected chi connectivity index (χ3v) is 7.68. The van der Waals surface area contributed by atoms with E-state index in [4.69, 9.17) is 27.4 Å². The minimum Gasteiger partial charge on any atom is -0.342 e. The zero-order valence-electron chi connectivity index (χ0n) is 19.9. The van der Waals surface area contributed by atoms with Gasteiger partial charge in [0.05, 0.1) is 40.5 Å². The van der Waals surface area contributed by atoms with Gasteiger partial charge in [-0.25, -0.2) is 0 Å². The predicted molar refractivity (Wildman–Crippen MR) is 130 cm³/mol. The van der Waals surface area contributed by atoms with Gasteiger partial charge in [-0.3, -0.25) is 8.98 Å². The Morgan fingerprint density at radius 1 is 1.00 bits per heavy atom. The largest absolute Gasteiger partial charge is 0.416 e. The lowest BCUT2D eigenvalue weighted by molar-refractivity contribution is -0.143. The van der Waals surface area contributed by atoms with Crippen LogP contribution in [0.5, 0.6) is 0 Å². The standard InChI is InChI=1S/C24H23Cl2F6NO4S/c1-38(35,36)37-8-6-22(16-3-4-19(25)20(26)13-16)5-2-7-33(14-22)21(34)11-15-9-17(23(27,28)29)12-18(10-15)24(30,31)32/h3-4,9-10,12-13H,2,5-8,11,14H2,1H3/t22-/m0/s1. The van der Waals surface area contributed by atoms with Crippen LogP contribution in [0.4, 0.5) is 26.3 Å². The molecule has 0 radical (unpaired) electrons. The van der Waals surface area contributed by atoms with Crippen molar-refractivity contribution in [3.05, 3.63) is 68.7 Å². The first kappa shape index (κ1) is 30.5. The van der Waals surface area contributed by atoms with Gasteiger partial charge in [0.25, 0.3) is 10.1 Å². The van der Waals surface area contributed by atoms with Crippen molar-refractivity contribution in [3.63, 3.8) is 0 Å². The molecule has 0 bridgehead atoms. The number of hydrogen-bond acceptors (Lipinski definition) is 4. The van der Waals surface area contributed by atoms with Crippen molar-refractivity contribution in [1.82, 2.24) is 4.90 Å². The molecule has 1 aliphatic heterocycles. The van der Waals surface area contributed by atoms with E-state index in [0.29, 0.717) is 30.5 Å². The zero-order valence-corrected chi connectivity index (χ0v) is 22.3. The third-order valence-electron chi connectivity index (χ3n) is 6.34. The maximum absolute atomic E-state index is 13.2. The zero-order chi connectivity index (χ0) is 28.5. The highest BCUT2D eigenvalue weighted by Crippen LogP contribution is 2.40. The van der Waals surface area contributed by atoms with E-state index in [1.807, 2.05) is 0 Å². The number of rotatable bonds is 7. The Hall–Kier alpha value is -2.02. The second kappa shape index (κ2) is 11.2. The van der Waals surface area contributed by atoms with Gasteiger partial charge in [-0.05, 0) is 60.7 Å². The van der Waals surface area contributed by atoms with Crippen LogP contribution in [0.1, 0.15) is 41.5 Å². The van der Waals surface area contributed by atoms with Gasteiger partial charge < -0.3 is 4.90 Å². The van der Waals surface area contributed by atoms with Crippen molar-refractivity contribution >= 4 is 39.2 Å². The molecule has 2 aromatic rings. The molecule has 14 heteroatoms. The van der Waals surface area contributed by atoms with Crippen molar-refractivity contribution in [2.24, 2.45) is 0 Å². The predicted octanol–water partition coefficient (Wildman–Crippen LogP) is 6.50. The summed E-state index contributed by atoms with van der Waals surface area (Å²) >= 11 is 12.2. The van der Waals surface area contributed by atoms with Crippen LogP contribution in [-0.4, -0.2) is 45.2 Å². The van der Waals surface area contributed by atoms with E-state index < -0.39 is 56.9 Å². The lowest BCUT2D eigenvalue weighted by atomic mass is 9.72. The van der Waals surface area contributed by atoms with Crippen molar-refractivity contribution in [3.8, 4) is 0 Å². The highest BCUT2D eigenvalue weighted by molar-refractivity contribution is 7.85. The fourth-order valence-electron chi connectivity index (χ4n) is 4.55. The number of nitrogens with zero attached hydrogens (tertiary/aromatic N) is 1. The number of carbonyl (C=O) groups is 1. The molecule has 1 aliphatic rings. The molecule has 210 valence electrons. The third kappa shape index (κ3) is 7.77. The normalized spacial score (nSPS) is 19.0. The summed E-state index contributed by atoms with van der Waals surface area (Å²) in [5, 5.41) is 0.492. The van der Waals surface area contributed by atoms with Gasteiger partial charge in [-0.2, -0.15) is 34.8 Å². The van der Waals surface area contributed by atoms with Gasteiger partial charge in [-0.1, -0.05) is 29.3 Å². The van der Waals surface area contributed by atoms with E-state index in [1.54, 1.807) is 18.2 Å². The number of halogens is 8. The molecule has 3 rings (SSSR count). The number of likely N-dealkylation sites (tertiary alicyclic amines) is 1. The van der Waals surface area contributed by atoms with E-state index in [2.05, 4.69) is 0 Å². The van der Waals surface area contributed by atoms with E-state index in [-0.39, 0.29) is 42.2 Å². The first-order valence-electron chi connectivity index (χ1n) is 11.3. The van der Waals surface area contributed by atoms with Crippen LogP contribution in [0.15, 0.2) is 36.4 Å². The van der Waals surface area contributed by atoms with Crippen molar-refractivity contribution in [2.75, 3.05) is 26.0 Å². The molecule has 38 heavy (non-hydrogen) atoms. The Morgan fingerprint density at radius 2 is 1.61 bits per heavy atom. The summed E-state index contributed by atoms with van der Waals surface area (Å²) in [6.45, 7) is 0.00557. The van der Waals surface area contributed by atoms with Crippen LogP contribution in [0, 0.1) is 0 Å².